The van der Waals surface area contributed by atoms with E-state index in [2.05, 4.69) is 11.4 Å². The third-order valence-electron chi connectivity index (χ3n) is 4.88. The van der Waals surface area contributed by atoms with Crippen LogP contribution in [0.4, 0.5) is 0 Å². The van der Waals surface area contributed by atoms with Gasteiger partial charge in [-0.05, 0) is 44.0 Å². The minimum atomic E-state index is -0.934. The molecule has 0 aromatic heterocycles. The van der Waals surface area contributed by atoms with Gasteiger partial charge in [0.1, 0.15) is 17.5 Å². The minimum Gasteiger partial charge on any atom is -0.485 e. The number of fused-ring (bicyclic) bond motifs is 1. The molecule has 2 aromatic rings. The van der Waals surface area contributed by atoms with E-state index < -0.39 is 29.7 Å². The first-order valence-electron chi connectivity index (χ1n) is 8.82. The van der Waals surface area contributed by atoms with E-state index in [4.69, 9.17) is 10.5 Å². The smallest absolute Gasteiger partial charge is 0.234 e. The van der Waals surface area contributed by atoms with E-state index in [1.54, 1.807) is 32.0 Å². The fourth-order valence-corrected chi connectivity index (χ4v) is 3.36. The van der Waals surface area contributed by atoms with E-state index in [0.717, 1.165) is 5.56 Å². The number of carbonyl (C=O) groups is 1. The zero-order valence-electron chi connectivity index (χ0n) is 15.3. The average molecular weight is 365 g/mol. The van der Waals surface area contributed by atoms with Crippen molar-refractivity contribution in [2.45, 2.75) is 44.1 Å². The quantitative estimate of drug-likeness (QED) is 0.749. The Hall–Kier alpha value is -2.88. The van der Waals surface area contributed by atoms with Crippen molar-refractivity contribution in [2.75, 3.05) is 0 Å². The van der Waals surface area contributed by atoms with Gasteiger partial charge in [0.15, 0.2) is 0 Å². The minimum absolute atomic E-state index is 0.397. The summed E-state index contributed by atoms with van der Waals surface area (Å²) in [6.45, 7) is 3.56. The number of rotatable bonds is 5. The molecule has 0 saturated carbocycles. The van der Waals surface area contributed by atoms with E-state index >= 15 is 0 Å². The predicted molar refractivity (Wildman–Crippen MR) is 101 cm³/mol. The molecule has 0 unspecified atom stereocenters. The van der Waals surface area contributed by atoms with Crippen molar-refractivity contribution in [3.8, 4) is 11.8 Å². The van der Waals surface area contributed by atoms with Crippen molar-refractivity contribution in [2.24, 2.45) is 5.73 Å². The molecular weight excluding hydrogens is 342 g/mol. The summed E-state index contributed by atoms with van der Waals surface area (Å²) in [5, 5.41) is 23.3. The molecule has 1 aliphatic heterocycles. The molecule has 4 N–H and O–H groups in total. The standard InChI is InChI=1S/C21H23N3O3/c1-21(2)19(25)18(15-10-14(12-22)8-9-17(15)27-21)24-16(20(23)26)11-13-6-4-3-5-7-13/h3-10,16,18-19,24-25H,11H2,1-2H3,(H2,23,26)/t16-,18-,19+/m0/s1. The van der Waals surface area contributed by atoms with Crippen molar-refractivity contribution in [3.63, 3.8) is 0 Å². The summed E-state index contributed by atoms with van der Waals surface area (Å²) in [6, 6.07) is 15.4. The molecule has 6 heteroatoms. The molecule has 1 amide bonds. The number of amides is 1. The second-order valence-electron chi connectivity index (χ2n) is 7.30. The zero-order chi connectivity index (χ0) is 19.6. The third kappa shape index (κ3) is 3.95. The molecule has 27 heavy (non-hydrogen) atoms. The number of hydrogen-bond acceptors (Lipinski definition) is 5. The molecule has 0 saturated heterocycles. The van der Waals surface area contributed by atoms with Crippen LogP contribution in [0.1, 0.15) is 36.6 Å². The van der Waals surface area contributed by atoms with Crippen LogP contribution < -0.4 is 15.8 Å². The van der Waals surface area contributed by atoms with Crippen LogP contribution in [-0.2, 0) is 11.2 Å². The average Bonchev–Trinajstić information content (AvgIpc) is 2.64. The van der Waals surface area contributed by atoms with Gasteiger partial charge in [0.05, 0.1) is 23.7 Å². The molecule has 3 atom stereocenters. The number of ether oxygens (including phenoxy) is 1. The molecule has 0 aliphatic carbocycles. The van der Waals surface area contributed by atoms with Crippen LogP contribution in [0.5, 0.6) is 5.75 Å². The molecule has 0 spiro atoms. The highest BCUT2D eigenvalue weighted by atomic mass is 16.5. The van der Waals surface area contributed by atoms with Crippen LogP contribution in [0.15, 0.2) is 48.5 Å². The number of nitrogens with zero attached hydrogens (tertiary/aromatic N) is 1. The second-order valence-corrected chi connectivity index (χ2v) is 7.30. The number of hydrogen-bond donors (Lipinski definition) is 3. The topological polar surface area (TPSA) is 108 Å². The van der Waals surface area contributed by atoms with E-state index in [1.807, 2.05) is 30.3 Å². The number of aliphatic hydroxyl groups is 1. The van der Waals surface area contributed by atoms with Gasteiger partial charge in [0.25, 0.3) is 0 Å². The Labute approximate surface area is 158 Å². The van der Waals surface area contributed by atoms with Crippen LogP contribution >= 0.6 is 0 Å². The summed E-state index contributed by atoms with van der Waals surface area (Å²) in [6.07, 6.45) is -0.537. The highest BCUT2D eigenvalue weighted by molar-refractivity contribution is 5.80. The Morgan fingerprint density at radius 1 is 1.33 bits per heavy atom. The molecular formula is C21H23N3O3. The lowest BCUT2D eigenvalue weighted by Gasteiger charge is -2.43. The Bertz CT molecular complexity index is 874. The monoisotopic (exact) mass is 365 g/mol. The van der Waals surface area contributed by atoms with Gasteiger partial charge in [-0.1, -0.05) is 30.3 Å². The van der Waals surface area contributed by atoms with Gasteiger partial charge >= 0.3 is 0 Å². The SMILES string of the molecule is CC1(C)Oc2ccc(C#N)cc2[C@H](N[C@@H](Cc2ccccc2)C(N)=O)[C@H]1O. The van der Waals surface area contributed by atoms with Gasteiger partial charge < -0.3 is 15.6 Å². The number of nitriles is 1. The highest BCUT2D eigenvalue weighted by Gasteiger charge is 2.44. The van der Waals surface area contributed by atoms with Gasteiger partial charge in [-0.3, -0.25) is 10.1 Å². The number of nitrogens with two attached hydrogens (primary N) is 1. The predicted octanol–water partition coefficient (Wildman–Crippen LogP) is 1.82. The van der Waals surface area contributed by atoms with Crippen LogP contribution in [0.2, 0.25) is 0 Å². The van der Waals surface area contributed by atoms with Crippen molar-refractivity contribution in [3.05, 3.63) is 65.2 Å². The molecule has 1 aliphatic rings. The first kappa shape index (κ1) is 18.9. The molecule has 2 aromatic carbocycles. The molecule has 0 bridgehead atoms. The fourth-order valence-electron chi connectivity index (χ4n) is 3.36. The normalized spacial score (nSPS) is 21.4. The van der Waals surface area contributed by atoms with Crippen molar-refractivity contribution < 1.29 is 14.6 Å². The van der Waals surface area contributed by atoms with Crippen molar-refractivity contribution >= 4 is 5.91 Å². The Balaban J connectivity index is 1.95. The lowest BCUT2D eigenvalue weighted by Crippen LogP contribution is -2.56. The molecule has 140 valence electrons. The Morgan fingerprint density at radius 2 is 2.04 bits per heavy atom. The molecule has 0 radical (unpaired) electrons. The maximum absolute atomic E-state index is 12.1. The van der Waals surface area contributed by atoms with E-state index in [9.17, 15) is 15.2 Å². The van der Waals surface area contributed by atoms with Crippen LogP contribution in [-0.4, -0.2) is 28.8 Å². The second kappa shape index (κ2) is 7.39. The van der Waals surface area contributed by atoms with Gasteiger partial charge in [0, 0.05) is 5.56 Å². The molecule has 3 rings (SSSR count). The third-order valence-corrected chi connectivity index (χ3v) is 4.88. The maximum Gasteiger partial charge on any atom is 0.234 e. The summed E-state index contributed by atoms with van der Waals surface area (Å²) in [7, 11) is 0. The molecule has 0 fully saturated rings. The maximum atomic E-state index is 12.1. The number of nitrogens with one attached hydrogen (secondary N) is 1. The zero-order valence-corrected chi connectivity index (χ0v) is 15.3. The number of primary amides is 1. The van der Waals surface area contributed by atoms with Gasteiger partial charge in [-0.2, -0.15) is 5.26 Å². The van der Waals surface area contributed by atoms with E-state index in [-0.39, 0.29) is 0 Å². The molecule has 1 heterocycles. The summed E-state index contributed by atoms with van der Waals surface area (Å²) in [5.74, 6) is 0.0677. The summed E-state index contributed by atoms with van der Waals surface area (Å²) < 4.78 is 5.91. The highest BCUT2D eigenvalue weighted by Crippen LogP contribution is 2.40. The van der Waals surface area contributed by atoms with Crippen molar-refractivity contribution in [1.82, 2.24) is 5.32 Å². The van der Waals surface area contributed by atoms with Crippen molar-refractivity contribution in [1.29, 1.82) is 5.26 Å². The number of benzene rings is 2. The number of carbonyl (C=O) groups excluding carboxylic acids is 1. The Morgan fingerprint density at radius 3 is 2.67 bits per heavy atom. The Kier molecular flexibility index (Phi) is 5.17. The van der Waals surface area contributed by atoms with Crippen LogP contribution in [0, 0.1) is 11.3 Å². The van der Waals surface area contributed by atoms with E-state index in [0.29, 0.717) is 23.3 Å². The first-order chi connectivity index (χ1) is 12.8. The number of aliphatic hydroxyl groups excluding tert-OH is 1. The van der Waals surface area contributed by atoms with Crippen LogP contribution in [0.25, 0.3) is 0 Å². The lowest BCUT2D eigenvalue weighted by molar-refractivity contribution is -0.121. The largest absolute Gasteiger partial charge is 0.485 e. The van der Waals surface area contributed by atoms with Gasteiger partial charge in [-0.15, -0.1) is 0 Å². The first-order valence-corrected chi connectivity index (χ1v) is 8.82. The fraction of sp³-hybridized carbons (Fsp3) is 0.333. The van der Waals surface area contributed by atoms with Crippen LogP contribution in [0.3, 0.4) is 0 Å². The van der Waals surface area contributed by atoms with Gasteiger partial charge in [-0.25, -0.2) is 0 Å². The van der Waals surface area contributed by atoms with E-state index in [1.165, 1.54) is 0 Å². The van der Waals surface area contributed by atoms with Gasteiger partial charge in [0.2, 0.25) is 5.91 Å². The summed E-state index contributed by atoms with van der Waals surface area (Å²) in [4.78, 5) is 12.1. The summed E-state index contributed by atoms with van der Waals surface area (Å²) in [5.41, 5.74) is 6.81. The summed E-state index contributed by atoms with van der Waals surface area (Å²) >= 11 is 0. The lowest BCUT2D eigenvalue weighted by atomic mass is 9.85. The molecule has 6 nitrogen and oxygen atoms in total.